The minimum Gasteiger partial charge on any atom is -0.211 e. The highest BCUT2D eigenvalue weighted by Gasteiger charge is 2.38. The zero-order valence-electron chi connectivity index (χ0n) is 8.82. The third kappa shape index (κ3) is 2.07. The van der Waals surface area contributed by atoms with Gasteiger partial charge in [-0.1, -0.05) is 13.8 Å². The van der Waals surface area contributed by atoms with E-state index in [1.54, 1.807) is 6.07 Å². The molecule has 0 bridgehead atoms. The van der Waals surface area contributed by atoms with Crippen LogP contribution >= 0.6 is 0 Å². The van der Waals surface area contributed by atoms with E-state index >= 15 is 0 Å². The lowest BCUT2D eigenvalue weighted by Crippen LogP contribution is -2.36. The average molecular weight is 216 g/mol. The summed E-state index contributed by atoms with van der Waals surface area (Å²) in [5, 5.41) is 7.67. The topological polar surface area (TPSA) is 61.2 Å². The van der Waals surface area contributed by atoms with Crippen molar-refractivity contribution in [2.24, 2.45) is 5.41 Å². The van der Waals surface area contributed by atoms with Crippen LogP contribution in [0.25, 0.3) is 0 Å². The zero-order valence-corrected chi connectivity index (χ0v) is 9.63. The van der Waals surface area contributed by atoms with Crippen LogP contribution in [0.3, 0.4) is 0 Å². The van der Waals surface area contributed by atoms with Crippen molar-refractivity contribution in [2.75, 3.05) is 13.1 Å². The van der Waals surface area contributed by atoms with Crippen LogP contribution in [0.5, 0.6) is 0 Å². The van der Waals surface area contributed by atoms with E-state index in [4.69, 9.17) is 5.26 Å². The Morgan fingerprint density at radius 2 is 2.07 bits per heavy atom. The van der Waals surface area contributed by atoms with Gasteiger partial charge in [0.15, 0.2) is 5.25 Å². The van der Waals surface area contributed by atoms with E-state index in [2.05, 4.69) is 0 Å². The first-order valence-electron chi connectivity index (χ1n) is 4.68. The summed E-state index contributed by atoms with van der Waals surface area (Å²) in [7, 11) is -3.39. The Kier molecular flexibility index (Phi) is 2.88. The normalized spacial score (nSPS) is 24.4. The number of nitriles is 1. The predicted octanol–water partition coefficient (Wildman–Crippen LogP) is 0.960. The summed E-state index contributed by atoms with van der Waals surface area (Å²) in [6.45, 7) is 6.59. The van der Waals surface area contributed by atoms with E-state index in [9.17, 15) is 8.42 Å². The Bertz CT molecular complexity index is 353. The molecule has 4 nitrogen and oxygen atoms in total. The van der Waals surface area contributed by atoms with E-state index in [-0.39, 0.29) is 5.41 Å². The van der Waals surface area contributed by atoms with Crippen molar-refractivity contribution in [3.05, 3.63) is 0 Å². The van der Waals surface area contributed by atoms with E-state index < -0.39 is 15.3 Å². The van der Waals surface area contributed by atoms with Crippen LogP contribution in [0.2, 0.25) is 0 Å². The van der Waals surface area contributed by atoms with Crippen molar-refractivity contribution < 1.29 is 8.42 Å². The number of sulfonamides is 1. The molecule has 0 aliphatic carbocycles. The monoisotopic (exact) mass is 216 g/mol. The van der Waals surface area contributed by atoms with Gasteiger partial charge in [-0.15, -0.1) is 0 Å². The largest absolute Gasteiger partial charge is 0.230 e. The maximum atomic E-state index is 11.8. The molecular weight excluding hydrogens is 200 g/mol. The molecule has 0 aromatic carbocycles. The number of hydrogen-bond acceptors (Lipinski definition) is 3. The van der Waals surface area contributed by atoms with Crippen molar-refractivity contribution >= 4 is 10.0 Å². The summed E-state index contributed by atoms with van der Waals surface area (Å²) in [6, 6.07) is 1.78. The molecule has 0 aromatic heterocycles. The number of hydrogen-bond donors (Lipinski definition) is 0. The van der Waals surface area contributed by atoms with Gasteiger partial charge in [0.25, 0.3) is 0 Å². The van der Waals surface area contributed by atoms with Crippen LogP contribution in [0.1, 0.15) is 27.2 Å². The lowest BCUT2D eigenvalue weighted by atomic mass is 9.93. The van der Waals surface area contributed by atoms with Crippen LogP contribution in [-0.4, -0.2) is 31.1 Å². The van der Waals surface area contributed by atoms with Gasteiger partial charge in [0.05, 0.1) is 6.07 Å². The summed E-state index contributed by atoms with van der Waals surface area (Å²) in [6.07, 6.45) is 0.865. The van der Waals surface area contributed by atoms with Crippen LogP contribution in [0, 0.1) is 16.7 Å². The standard InChI is InChI=1S/C9H16N2O2S/c1-8(6-10)14(12,13)11-5-4-9(2,3)7-11/h8H,4-5,7H2,1-3H3. The first-order chi connectivity index (χ1) is 6.29. The number of nitrogens with zero attached hydrogens (tertiary/aromatic N) is 2. The summed E-state index contributed by atoms with van der Waals surface area (Å²) in [5.41, 5.74) is 0.0439. The molecule has 0 radical (unpaired) electrons. The molecule has 0 amide bonds. The van der Waals surface area contributed by atoms with Crippen LogP contribution in [-0.2, 0) is 10.0 Å². The third-order valence-corrected chi connectivity index (χ3v) is 4.66. The quantitative estimate of drug-likeness (QED) is 0.690. The van der Waals surface area contributed by atoms with Crippen LogP contribution in [0.4, 0.5) is 0 Å². The second-order valence-corrected chi connectivity index (χ2v) is 6.82. The molecule has 0 spiro atoms. The van der Waals surface area contributed by atoms with Gasteiger partial charge < -0.3 is 0 Å². The van der Waals surface area contributed by atoms with Crippen LogP contribution < -0.4 is 0 Å². The molecule has 0 N–H and O–H groups in total. The van der Waals surface area contributed by atoms with Crippen molar-refractivity contribution in [3.8, 4) is 6.07 Å². The van der Waals surface area contributed by atoms with Crippen molar-refractivity contribution in [2.45, 2.75) is 32.4 Å². The molecule has 1 saturated heterocycles. The highest BCUT2D eigenvalue weighted by atomic mass is 32.2. The molecule has 1 aliphatic heterocycles. The minimum absolute atomic E-state index is 0.0439. The molecule has 1 rings (SSSR count). The molecule has 1 unspecified atom stereocenters. The fourth-order valence-electron chi connectivity index (χ4n) is 1.57. The smallest absolute Gasteiger partial charge is 0.211 e. The van der Waals surface area contributed by atoms with E-state index in [1.165, 1.54) is 11.2 Å². The molecule has 80 valence electrons. The lowest BCUT2D eigenvalue weighted by molar-refractivity contribution is 0.374. The molecule has 1 aliphatic rings. The maximum Gasteiger partial charge on any atom is 0.230 e. The summed E-state index contributed by atoms with van der Waals surface area (Å²) in [5.74, 6) is 0. The lowest BCUT2D eigenvalue weighted by Gasteiger charge is -2.20. The Hall–Kier alpha value is -0.600. The Balaban J connectivity index is 2.84. The average Bonchev–Trinajstić information content (AvgIpc) is 2.45. The SMILES string of the molecule is CC(C#N)S(=O)(=O)N1CCC(C)(C)C1. The molecule has 1 fully saturated rings. The third-order valence-electron chi connectivity index (χ3n) is 2.63. The molecule has 5 heteroatoms. The van der Waals surface area contributed by atoms with Gasteiger partial charge in [-0.25, -0.2) is 12.7 Å². The van der Waals surface area contributed by atoms with Gasteiger partial charge in [0.1, 0.15) is 0 Å². The van der Waals surface area contributed by atoms with Gasteiger partial charge in [-0.2, -0.15) is 5.26 Å². The highest BCUT2D eigenvalue weighted by molar-refractivity contribution is 7.89. The molecule has 0 saturated carbocycles. The van der Waals surface area contributed by atoms with Gasteiger partial charge in [0, 0.05) is 13.1 Å². The minimum atomic E-state index is -3.39. The van der Waals surface area contributed by atoms with E-state index in [1.807, 2.05) is 13.8 Å². The highest BCUT2D eigenvalue weighted by Crippen LogP contribution is 2.31. The summed E-state index contributed by atoms with van der Waals surface area (Å²) in [4.78, 5) is 0. The van der Waals surface area contributed by atoms with Gasteiger partial charge >= 0.3 is 0 Å². The predicted molar refractivity (Wildman–Crippen MR) is 54.0 cm³/mol. The summed E-state index contributed by atoms with van der Waals surface area (Å²) >= 11 is 0. The van der Waals surface area contributed by atoms with E-state index in [0.717, 1.165) is 6.42 Å². The fraction of sp³-hybridized carbons (Fsp3) is 0.889. The number of rotatable bonds is 2. The van der Waals surface area contributed by atoms with Crippen LogP contribution in [0.15, 0.2) is 0 Å². The Morgan fingerprint density at radius 3 is 2.43 bits per heavy atom. The van der Waals surface area contributed by atoms with Crippen molar-refractivity contribution in [1.82, 2.24) is 4.31 Å². The second-order valence-electron chi connectivity index (χ2n) is 4.56. The molecular formula is C9H16N2O2S. The Morgan fingerprint density at radius 1 is 1.50 bits per heavy atom. The van der Waals surface area contributed by atoms with E-state index in [0.29, 0.717) is 13.1 Å². The van der Waals surface area contributed by atoms with Gasteiger partial charge in [-0.05, 0) is 18.8 Å². The molecule has 1 atom stereocenters. The second kappa shape index (κ2) is 3.52. The van der Waals surface area contributed by atoms with Gasteiger partial charge in [-0.3, -0.25) is 0 Å². The summed E-state index contributed by atoms with van der Waals surface area (Å²) < 4.78 is 24.9. The first-order valence-corrected chi connectivity index (χ1v) is 6.18. The maximum absolute atomic E-state index is 11.8. The van der Waals surface area contributed by atoms with Crippen molar-refractivity contribution in [3.63, 3.8) is 0 Å². The fourth-order valence-corrected chi connectivity index (χ4v) is 3.03. The molecule has 14 heavy (non-hydrogen) atoms. The van der Waals surface area contributed by atoms with Crippen molar-refractivity contribution in [1.29, 1.82) is 5.26 Å². The molecule has 0 aromatic rings. The zero-order chi connectivity index (χ0) is 11.0. The Labute approximate surface area is 85.6 Å². The van der Waals surface area contributed by atoms with Gasteiger partial charge in [0.2, 0.25) is 10.0 Å². The first kappa shape index (κ1) is 11.5. The molecule has 1 heterocycles.